The molecule has 0 saturated heterocycles. The first-order valence-corrected chi connectivity index (χ1v) is 6.36. The van der Waals surface area contributed by atoms with E-state index in [1.54, 1.807) is 0 Å². The van der Waals surface area contributed by atoms with Gasteiger partial charge in [-0.3, -0.25) is 0 Å². The molecule has 0 spiro atoms. The summed E-state index contributed by atoms with van der Waals surface area (Å²) in [4.78, 5) is 4.26. The van der Waals surface area contributed by atoms with Gasteiger partial charge in [-0.15, -0.1) is 0 Å². The number of aliphatic hydroxyl groups excluding tert-OH is 1. The SMILES string of the molecule is CCCN(CCN(C)C)c1cc(F)cc(CO)c1. The zero-order valence-electron chi connectivity index (χ0n) is 11.5. The lowest BCUT2D eigenvalue weighted by Crippen LogP contribution is -2.32. The molecule has 0 fully saturated rings. The molecule has 0 aliphatic heterocycles. The van der Waals surface area contributed by atoms with E-state index >= 15 is 0 Å². The van der Waals surface area contributed by atoms with E-state index in [0.717, 1.165) is 31.7 Å². The first-order valence-electron chi connectivity index (χ1n) is 6.36. The lowest BCUT2D eigenvalue weighted by molar-refractivity contribution is 0.281. The highest BCUT2D eigenvalue weighted by Gasteiger charge is 2.08. The fourth-order valence-corrected chi connectivity index (χ4v) is 1.87. The Morgan fingerprint density at radius 3 is 2.39 bits per heavy atom. The van der Waals surface area contributed by atoms with Crippen molar-refractivity contribution in [1.29, 1.82) is 0 Å². The molecule has 1 rings (SSSR count). The molecule has 0 radical (unpaired) electrons. The lowest BCUT2D eigenvalue weighted by Gasteiger charge is -2.26. The third kappa shape index (κ3) is 4.63. The molecule has 3 nitrogen and oxygen atoms in total. The number of benzene rings is 1. The standard InChI is InChI=1S/C14H23FN2O/c1-4-5-17(7-6-16(2)3)14-9-12(11-18)8-13(15)10-14/h8-10,18H,4-7,11H2,1-3H3. The van der Waals surface area contributed by atoms with Gasteiger partial charge in [0.2, 0.25) is 0 Å². The Labute approximate surface area is 109 Å². The zero-order valence-corrected chi connectivity index (χ0v) is 11.5. The van der Waals surface area contributed by atoms with Gasteiger partial charge in [-0.25, -0.2) is 4.39 Å². The van der Waals surface area contributed by atoms with Crippen LogP contribution in [-0.4, -0.2) is 43.7 Å². The molecule has 0 heterocycles. The maximum absolute atomic E-state index is 13.5. The molecule has 0 unspecified atom stereocenters. The average Bonchev–Trinajstić information content (AvgIpc) is 2.33. The van der Waals surface area contributed by atoms with E-state index in [1.807, 2.05) is 20.2 Å². The Bertz CT molecular complexity index is 369. The first-order chi connectivity index (χ1) is 8.56. The molecule has 0 aliphatic carbocycles. The molecule has 1 aromatic carbocycles. The maximum atomic E-state index is 13.5. The van der Waals surface area contributed by atoms with Crippen LogP contribution in [0.3, 0.4) is 0 Å². The fourth-order valence-electron chi connectivity index (χ4n) is 1.87. The van der Waals surface area contributed by atoms with Crippen LogP contribution < -0.4 is 4.90 Å². The van der Waals surface area contributed by atoms with Crippen molar-refractivity contribution in [2.75, 3.05) is 38.6 Å². The van der Waals surface area contributed by atoms with Gasteiger partial charge in [0, 0.05) is 25.3 Å². The molecule has 1 N–H and O–H groups in total. The van der Waals surface area contributed by atoms with Gasteiger partial charge in [0.15, 0.2) is 0 Å². The minimum Gasteiger partial charge on any atom is -0.392 e. The Morgan fingerprint density at radius 2 is 1.83 bits per heavy atom. The summed E-state index contributed by atoms with van der Waals surface area (Å²) in [5.74, 6) is -0.289. The van der Waals surface area contributed by atoms with Crippen molar-refractivity contribution in [3.8, 4) is 0 Å². The third-order valence-electron chi connectivity index (χ3n) is 2.80. The summed E-state index contributed by atoms with van der Waals surface area (Å²) >= 11 is 0. The van der Waals surface area contributed by atoms with Crippen LogP contribution in [-0.2, 0) is 6.61 Å². The molecule has 0 atom stereocenters. The monoisotopic (exact) mass is 254 g/mol. The quantitative estimate of drug-likeness (QED) is 0.807. The number of hydrogen-bond donors (Lipinski definition) is 1. The highest BCUT2D eigenvalue weighted by molar-refractivity contribution is 5.49. The molecule has 0 amide bonds. The van der Waals surface area contributed by atoms with E-state index in [1.165, 1.54) is 12.1 Å². The molecular weight excluding hydrogens is 231 g/mol. The van der Waals surface area contributed by atoms with Crippen LogP contribution in [0.5, 0.6) is 0 Å². The van der Waals surface area contributed by atoms with Gasteiger partial charge in [-0.2, -0.15) is 0 Å². The summed E-state index contributed by atoms with van der Waals surface area (Å²) in [6.45, 7) is 4.65. The predicted molar refractivity (Wildman–Crippen MR) is 73.4 cm³/mol. The molecule has 102 valence electrons. The minimum atomic E-state index is -0.289. The summed E-state index contributed by atoms with van der Waals surface area (Å²) < 4.78 is 13.5. The van der Waals surface area contributed by atoms with Gasteiger partial charge >= 0.3 is 0 Å². The van der Waals surface area contributed by atoms with Crippen molar-refractivity contribution in [1.82, 2.24) is 4.90 Å². The number of halogens is 1. The van der Waals surface area contributed by atoms with E-state index in [-0.39, 0.29) is 12.4 Å². The van der Waals surface area contributed by atoms with Crippen LogP contribution in [0, 0.1) is 5.82 Å². The zero-order chi connectivity index (χ0) is 13.5. The van der Waals surface area contributed by atoms with Crippen molar-refractivity contribution in [2.45, 2.75) is 20.0 Å². The van der Waals surface area contributed by atoms with Crippen molar-refractivity contribution in [3.63, 3.8) is 0 Å². The molecule has 18 heavy (non-hydrogen) atoms. The van der Waals surface area contributed by atoms with Crippen LogP contribution in [0.15, 0.2) is 18.2 Å². The van der Waals surface area contributed by atoms with Crippen molar-refractivity contribution in [2.24, 2.45) is 0 Å². The maximum Gasteiger partial charge on any atom is 0.125 e. The van der Waals surface area contributed by atoms with Crippen LogP contribution in [0.4, 0.5) is 10.1 Å². The topological polar surface area (TPSA) is 26.7 Å². The Balaban J connectivity index is 2.86. The Morgan fingerprint density at radius 1 is 1.11 bits per heavy atom. The van der Waals surface area contributed by atoms with E-state index in [2.05, 4.69) is 16.7 Å². The van der Waals surface area contributed by atoms with E-state index < -0.39 is 0 Å². The normalized spacial score (nSPS) is 11.0. The highest BCUT2D eigenvalue weighted by Crippen LogP contribution is 2.19. The van der Waals surface area contributed by atoms with Gasteiger partial charge in [0.05, 0.1) is 6.61 Å². The summed E-state index contributed by atoms with van der Waals surface area (Å²) in [5.41, 5.74) is 1.47. The third-order valence-corrected chi connectivity index (χ3v) is 2.80. The lowest BCUT2D eigenvalue weighted by atomic mass is 10.2. The molecular formula is C14H23FN2O. The number of rotatable bonds is 7. The first kappa shape index (κ1) is 14.9. The fraction of sp³-hybridized carbons (Fsp3) is 0.571. The van der Waals surface area contributed by atoms with Gasteiger partial charge in [0.1, 0.15) is 5.82 Å². The largest absolute Gasteiger partial charge is 0.392 e. The summed E-state index contributed by atoms with van der Waals surface area (Å²) in [7, 11) is 4.05. The van der Waals surface area contributed by atoms with Gasteiger partial charge in [0.25, 0.3) is 0 Å². The van der Waals surface area contributed by atoms with Gasteiger partial charge < -0.3 is 14.9 Å². The van der Waals surface area contributed by atoms with Crippen molar-refractivity contribution >= 4 is 5.69 Å². The number of aliphatic hydroxyl groups is 1. The van der Waals surface area contributed by atoms with Crippen LogP contribution >= 0.6 is 0 Å². The average molecular weight is 254 g/mol. The number of hydrogen-bond acceptors (Lipinski definition) is 3. The molecule has 1 aromatic rings. The highest BCUT2D eigenvalue weighted by atomic mass is 19.1. The van der Waals surface area contributed by atoms with E-state index in [4.69, 9.17) is 5.11 Å². The van der Waals surface area contributed by atoms with Crippen molar-refractivity contribution in [3.05, 3.63) is 29.6 Å². The summed E-state index contributed by atoms with van der Waals surface area (Å²) in [6, 6.07) is 4.76. The number of anilines is 1. The second-order valence-corrected chi connectivity index (χ2v) is 4.77. The van der Waals surface area contributed by atoms with E-state index in [9.17, 15) is 4.39 Å². The van der Waals surface area contributed by atoms with Gasteiger partial charge in [-0.1, -0.05) is 6.92 Å². The molecule has 0 bridgehead atoms. The second-order valence-electron chi connectivity index (χ2n) is 4.77. The minimum absolute atomic E-state index is 0.127. The number of nitrogens with zero attached hydrogens (tertiary/aromatic N) is 2. The molecule has 0 aromatic heterocycles. The van der Waals surface area contributed by atoms with Crippen molar-refractivity contribution < 1.29 is 9.50 Å². The Hall–Kier alpha value is -1.13. The van der Waals surface area contributed by atoms with Gasteiger partial charge in [-0.05, 0) is 44.3 Å². The predicted octanol–water partition coefficient (Wildman–Crippen LogP) is 2.10. The second kappa shape index (κ2) is 7.34. The molecule has 4 heteroatoms. The van der Waals surface area contributed by atoms with Crippen LogP contribution in [0.2, 0.25) is 0 Å². The van der Waals surface area contributed by atoms with Crippen LogP contribution in [0.25, 0.3) is 0 Å². The Kier molecular flexibility index (Phi) is 6.09. The summed E-state index contributed by atoms with van der Waals surface area (Å²) in [5, 5.41) is 9.12. The van der Waals surface area contributed by atoms with E-state index in [0.29, 0.717) is 5.56 Å². The molecule has 0 saturated carbocycles. The van der Waals surface area contributed by atoms with Crippen LogP contribution in [0.1, 0.15) is 18.9 Å². The molecule has 0 aliphatic rings. The summed E-state index contributed by atoms with van der Waals surface area (Å²) in [6.07, 6.45) is 1.01. The smallest absolute Gasteiger partial charge is 0.125 e. The number of likely N-dealkylation sites (N-methyl/N-ethyl adjacent to an activating group) is 1.